The van der Waals surface area contributed by atoms with Crippen LogP contribution in [0.1, 0.15) is 139 Å². The third-order valence-corrected chi connectivity index (χ3v) is 13.1. The van der Waals surface area contributed by atoms with Crippen molar-refractivity contribution in [3.8, 4) is 0 Å². The summed E-state index contributed by atoms with van der Waals surface area (Å²) >= 11 is 0. The molecule has 12 heterocycles. The number of fused-ring (bicyclic) bond motifs is 6. The fourth-order valence-corrected chi connectivity index (χ4v) is 8.76. The molecule has 14 rings (SSSR count). The van der Waals surface area contributed by atoms with E-state index in [-0.39, 0.29) is 0 Å². The van der Waals surface area contributed by atoms with E-state index in [1.54, 1.807) is 18.7 Å². The number of likely N-dealkylation sites (N-methyl/N-ethyl adjacent to an activating group) is 4. The van der Waals surface area contributed by atoms with Crippen LogP contribution in [0.5, 0.6) is 0 Å². The number of hydrogen-bond donors (Lipinski definition) is 0. The number of aromatic nitrogens is 10. The number of pyridine rings is 3. The molecular weight excluding hydrogens is 1010 g/mol. The Hall–Kier alpha value is -7.68. The van der Waals surface area contributed by atoms with Crippen molar-refractivity contribution >= 4 is 34.8 Å². The molecule has 0 unspecified atom stereocenters. The van der Waals surface area contributed by atoms with Gasteiger partial charge in [-0.25, -0.2) is 24.9 Å². The van der Waals surface area contributed by atoms with Gasteiger partial charge in [-0.15, -0.1) is 0 Å². The lowest BCUT2D eigenvalue weighted by Crippen LogP contribution is -2.14. The predicted molar refractivity (Wildman–Crippen MR) is 350 cm³/mol. The first-order valence-electron chi connectivity index (χ1n) is 30.0. The highest BCUT2D eigenvalue weighted by atomic mass is 15.2. The summed E-state index contributed by atoms with van der Waals surface area (Å²) in [6, 6.07) is 12.4. The summed E-state index contributed by atoms with van der Waals surface area (Å²) in [6.07, 6.45) is 37.7. The summed E-state index contributed by atoms with van der Waals surface area (Å²) in [4.78, 5) is 50.1. The zero-order valence-electron chi connectivity index (χ0n) is 53.5. The fraction of sp³-hybridized carbons (Fsp3) is 0.463. The van der Waals surface area contributed by atoms with Gasteiger partial charge in [-0.05, 0) is 130 Å². The summed E-state index contributed by atoms with van der Waals surface area (Å²) < 4.78 is 2.08. The Morgan fingerprint density at radius 1 is 0.439 bits per heavy atom. The normalized spacial score (nSPS) is 13.5. The van der Waals surface area contributed by atoms with Crippen molar-refractivity contribution in [3.05, 3.63) is 179 Å². The first kappa shape index (κ1) is 70.4. The van der Waals surface area contributed by atoms with E-state index in [1.165, 1.54) is 69.8 Å². The molecule has 15 heteroatoms. The van der Waals surface area contributed by atoms with Crippen molar-refractivity contribution < 1.29 is 0 Å². The van der Waals surface area contributed by atoms with Gasteiger partial charge in [0.05, 0.1) is 29.8 Å². The number of hydrogen-bond acceptors (Lipinski definition) is 14. The van der Waals surface area contributed by atoms with Gasteiger partial charge in [0.1, 0.15) is 23.8 Å². The average molecular weight is 1120 g/mol. The lowest BCUT2D eigenvalue weighted by molar-refractivity contribution is 0.882. The molecule has 0 atom stereocenters. The van der Waals surface area contributed by atoms with Crippen LogP contribution in [0.25, 0.3) is 6.08 Å². The summed E-state index contributed by atoms with van der Waals surface area (Å²) in [5.41, 5.74) is 15.3. The van der Waals surface area contributed by atoms with Gasteiger partial charge in [0.25, 0.3) is 0 Å². The van der Waals surface area contributed by atoms with Gasteiger partial charge in [0.2, 0.25) is 0 Å². The Morgan fingerprint density at radius 2 is 1.07 bits per heavy atom. The van der Waals surface area contributed by atoms with Gasteiger partial charge in [-0.1, -0.05) is 87.5 Å². The molecule has 15 nitrogen and oxygen atoms in total. The van der Waals surface area contributed by atoms with Crippen molar-refractivity contribution in [2.45, 2.75) is 141 Å². The number of aryl methyl sites for hydroxylation is 5. The van der Waals surface area contributed by atoms with Crippen LogP contribution in [-0.2, 0) is 52.0 Å². The van der Waals surface area contributed by atoms with Crippen LogP contribution in [0.4, 0.5) is 23.0 Å². The van der Waals surface area contributed by atoms with E-state index in [2.05, 4.69) is 146 Å². The lowest BCUT2D eigenvalue weighted by atomic mass is 10.2. The topological polar surface area (TPSA) is 146 Å². The minimum Gasteiger partial charge on any atom is -0.374 e. The van der Waals surface area contributed by atoms with Crippen LogP contribution < -0.4 is 19.6 Å². The smallest absolute Gasteiger partial charge is 0.135 e. The molecule has 0 N–H and O–H groups in total. The van der Waals surface area contributed by atoms with E-state index in [9.17, 15) is 0 Å². The highest BCUT2D eigenvalue weighted by molar-refractivity contribution is 5.94. The highest BCUT2D eigenvalue weighted by Gasteiger charge is 2.18. The van der Waals surface area contributed by atoms with E-state index in [1.807, 2.05) is 164 Å². The first-order chi connectivity index (χ1) is 40.0. The lowest BCUT2D eigenvalue weighted by Gasteiger charge is -2.09. The molecule has 444 valence electrons. The van der Waals surface area contributed by atoms with Crippen LogP contribution in [0.15, 0.2) is 128 Å². The average Bonchev–Trinajstić information content (AvgIpc) is 4.45. The van der Waals surface area contributed by atoms with E-state index in [0.717, 1.165) is 99.4 Å². The van der Waals surface area contributed by atoms with Crippen molar-refractivity contribution in [2.75, 3.05) is 80.5 Å². The Kier molecular flexibility index (Phi) is 35.5. The van der Waals surface area contributed by atoms with Crippen LogP contribution >= 0.6 is 0 Å². The van der Waals surface area contributed by atoms with Crippen molar-refractivity contribution in [3.63, 3.8) is 0 Å². The number of nitrogens with zero attached hydrogens (tertiary/aromatic N) is 15. The molecule has 82 heavy (non-hydrogen) atoms. The van der Waals surface area contributed by atoms with Gasteiger partial charge in [-0.3, -0.25) is 24.9 Å². The van der Waals surface area contributed by atoms with Crippen LogP contribution in [0.2, 0.25) is 0 Å². The molecule has 0 saturated carbocycles. The molecular formula is C67H101N15. The van der Waals surface area contributed by atoms with Crippen LogP contribution in [0.3, 0.4) is 0 Å². The molecule has 7 aromatic heterocycles. The standard InChI is InChI=1S/C8H11N3.3C8H10N2.C7H8N2.C7H6N2.C6H9N.C5H7N.5C2H6/c1-6-9-5-7-3-4-11(2)8(7)10-6;1-10-5-3-7-6-9-4-2-8(7)10;1-10-5-3-7-2-4-9-6-8(7)10;1-10-6-4-7-3-2-5-9-8(7)10;1-2-6-4-8-5-9-7(6)3-1;1-2-6-7(3-1)9-5-4-8-6;1-6-4-3-5-7(6)2;1-5-3-2-4-6-5;5*1-2/h5H,3-4H2,1-2H3;2*2,4,6H,3,5H2,1H3;2-3,5H,4,6H2,1H3;4-5H,1-3H2;1-2,4-5H,3H2;3-5H,1-2H3;2-3H,4H2,1H3;5*1-2H3. The zero-order chi connectivity index (χ0) is 60.7. The second-order valence-electron chi connectivity index (χ2n) is 18.4. The van der Waals surface area contributed by atoms with Gasteiger partial charge < -0.3 is 24.2 Å². The molecule has 7 aliphatic rings. The Balaban J connectivity index is 0.000000314. The number of aliphatic imine (C=N–C) groups is 1. The molecule has 0 radical (unpaired) electrons. The summed E-state index contributed by atoms with van der Waals surface area (Å²) in [7, 11) is 10.4. The third kappa shape index (κ3) is 23.4. The monoisotopic (exact) mass is 1120 g/mol. The summed E-state index contributed by atoms with van der Waals surface area (Å²) in [5, 5.41) is 0. The molecule has 0 amide bonds. The largest absolute Gasteiger partial charge is 0.374 e. The SMILES string of the molecule is C1=Cc2nccnc2C1.CC.CC.CC.CC.CC.CC1=NCC=C1.CN1CCc2cccnc21.CN1CCc2ccncc21.CN1CCc2cnccc21.Cc1cccn1C.Cc1ncc2c(n1)N(C)CC2.c1ncc2c(n1)CCC2. The number of anilines is 4. The van der Waals surface area contributed by atoms with Gasteiger partial charge in [-0.2, -0.15) is 0 Å². The maximum atomic E-state index is 4.35. The summed E-state index contributed by atoms with van der Waals surface area (Å²) in [6.45, 7) is 31.4. The van der Waals surface area contributed by atoms with E-state index in [4.69, 9.17) is 0 Å². The Labute approximate surface area is 495 Å². The molecule has 0 spiro atoms. The number of allylic oxidation sites excluding steroid dienone is 2. The van der Waals surface area contributed by atoms with Crippen molar-refractivity contribution in [2.24, 2.45) is 12.0 Å². The molecule has 7 aromatic rings. The highest BCUT2D eigenvalue weighted by Crippen LogP contribution is 2.26. The van der Waals surface area contributed by atoms with Gasteiger partial charge >= 0.3 is 0 Å². The maximum absolute atomic E-state index is 4.35. The van der Waals surface area contributed by atoms with Crippen LogP contribution in [-0.4, -0.2) is 116 Å². The second-order valence-corrected chi connectivity index (χ2v) is 18.4. The van der Waals surface area contributed by atoms with Crippen LogP contribution in [0, 0.1) is 13.8 Å². The quantitative estimate of drug-likeness (QED) is 0.142. The summed E-state index contributed by atoms with van der Waals surface area (Å²) in [5.74, 6) is 3.12. The van der Waals surface area contributed by atoms with Crippen molar-refractivity contribution in [1.82, 2.24) is 49.4 Å². The van der Waals surface area contributed by atoms with E-state index in [0.29, 0.717) is 0 Å². The molecule has 2 aliphatic carbocycles. The molecule has 0 bridgehead atoms. The minimum absolute atomic E-state index is 0.859. The van der Waals surface area contributed by atoms with Crippen molar-refractivity contribution in [1.29, 1.82) is 0 Å². The molecule has 0 fully saturated rings. The molecule has 0 aromatic carbocycles. The third-order valence-electron chi connectivity index (χ3n) is 13.1. The second kappa shape index (κ2) is 41.3. The van der Waals surface area contributed by atoms with E-state index < -0.39 is 0 Å². The molecule has 5 aliphatic heterocycles. The first-order valence-corrected chi connectivity index (χ1v) is 30.0. The Morgan fingerprint density at radius 3 is 1.67 bits per heavy atom. The van der Waals surface area contributed by atoms with Gasteiger partial charge in [0.15, 0.2) is 0 Å². The predicted octanol–water partition coefficient (Wildman–Crippen LogP) is 13.5. The zero-order valence-corrected chi connectivity index (χ0v) is 53.5. The van der Waals surface area contributed by atoms with E-state index >= 15 is 0 Å². The molecule has 0 saturated heterocycles. The van der Waals surface area contributed by atoms with Gasteiger partial charge in [0, 0.05) is 152 Å². The number of rotatable bonds is 0. The maximum Gasteiger partial charge on any atom is 0.135 e. The Bertz CT molecular complexity index is 2730. The fourth-order valence-electron chi connectivity index (χ4n) is 8.76. The minimum atomic E-state index is 0.859.